The minimum atomic E-state index is -0.503. The first-order chi connectivity index (χ1) is 10.1. The second-order valence-corrected chi connectivity index (χ2v) is 5.67. The summed E-state index contributed by atoms with van der Waals surface area (Å²) in [7, 11) is 0. The van der Waals surface area contributed by atoms with Crippen LogP contribution in [0.15, 0.2) is 53.0 Å². The van der Waals surface area contributed by atoms with Gasteiger partial charge in [-0.15, -0.1) is 0 Å². The summed E-state index contributed by atoms with van der Waals surface area (Å²) in [4.78, 5) is 14.3. The largest absolute Gasteiger partial charge is 0.334 e. The van der Waals surface area contributed by atoms with Crippen LogP contribution in [0, 0.1) is 5.82 Å². The van der Waals surface area contributed by atoms with Crippen molar-refractivity contribution in [3.8, 4) is 0 Å². The van der Waals surface area contributed by atoms with Gasteiger partial charge in [-0.2, -0.15) is 0 Å². The maximum absolute atomic E-state index is 14.1. The molecule has 1 amide bonds. The zero-order chi connectivity index (χ0) is 15.2. The number of carbonyl (C=O) groups is 1. The SMILES string of the molecule is CCCN(Cc1ccccc1)C(=O)c1cccc(Br)c1F. The summed E-state index contributed by atoms with van der Waals surface area (Å²) >= 11 is 3.12. The van der Waals surface area contributed by atoms with Crippen LogP contribution in [-0.4, -0.2) is 17.4 Å². The van der Waals surface area contributed by atoms with Crippen molar-refractivity contribution in [2.75, 3.05) is 6.54 Å². The van der Waals surface area contributed by atoms with Crippen LogP contribution in [0.2, 0.25) is 0 Å². The Morgan fingerprint density at radius 1 is 1.14 bits per heavy atom. The van der Waals surface area contributed by atoms with E-state index in [0.29, 0.717) is 17.6 Å². The van der Waals surface area contributed by atoms with Gasteiger partial charge in [0.25, 0.3) is 5.91 Å². The molecule has 0 heterocycles. The number of halogens is 2. The van der Waals surface area contributed by atoms with Crippen LogP contribution in [0.5, 0.6) is 0 Å². The molecule has 0 radical (unpaired) electrons. The molecule has 2 aromatic rings. The molecule has 0 unspecified atom stereocenters. The molecular weight excluding hydrogens is 333 g/mol. The van der Waals surface area contributed by atoms with Crippen molar-refractivity contribution in [3.05, 3.63) is 69.9 Å². The Morgan fingerprint density at radius 2 is 1.86 bits per heavy atom. The molecule has 110 valence electrons. The quantitative estimate of drug-likeness (QED) is 0.769. The van der Waals surface area contributed by atoms with Crippen molar-refractivity contribution in [1.82, 2.24) is 4.90 Å². The summed E-state index contributed by atoms with van der Waals surface area (Å²) in [5.74, 6) is -0.781. The average Bonchev–Trinajstić information content (AvgIpc) is 2.50. The minimum Gasteiger partial charge on any atom is -0.334 e. The topological polar surface area (TPSA) is 20.3 Å². The van der Waals surface area contributed by atoms with Crippen LogP contribution in [0.25, 0.3) is 0 Å². The van der Waals surface area contributed by atoms with E-state index in [2.05, 4.69) is 15.9 Å². The fourth-order valence-corrected chi connectivity index (χ4v) is 2.53. The second-order valence-electron chi connectivity index (χ2n) is 4.81. The molecule has 0 saturated heterocycles. The summed E-state index contributed by atoms with van der Waals surface area (Å²) in [6, 6.07) is 14.5. The Morgan fingerprint density at radius 3 is 2.52 bits per heavy atom. The van der Waals surface area contributed by atoms with Gasteiger partial charge in [0.1, 0.15) is 5.82 Å². The van der Waals surface area contributed by atoms with Crippen molar-refractivity contribution in [3.63, 3.8) is 0 Å². The first-order valence-electron chi connectivity index (χ1n) is 6.90. The Hall–Kier alpha value is -1.68. The lowest BCUT2D eigenvalue weighted by Gasteiger charge is -2.22. The lowest BCUT2D eigenvalue weighted by Crippen LogP contribution is -2.32. The molecule has 0 spiro atoms. The smallest absolute Gasteiger partial charge is 0.257 e. The molecule has 0 fully saturated rings. The van der Waals surface area contributed by atoms with Gasteiger partial charge < -0.3 is 4.90 Å². The van der Waals surface area contributed by atoms with E-state index in [1.165, 1.54) is 6.07 Å². The van der Waals surface area contributed by atoms with Crippen LogP contribution < -0.4 is 0 Å². The number of hydrogen-bond donors (Lipinski definition) is 0. The van der Waals surface area contributed by atoms with Gasteiger partial charge in [-0.1, -0.05) is 43.3 Å². The Labute approximate surface area is 132 Å². The van der Waals surface area contributed by atoms with Crippen molar-refractivity contribution < 1.29 is 9.18 Å². The third kappa shape index (κ3) is 3.91. The van der Waals surface area contributed by atoms with E-state index in [4.69, 9.17) is 0 Å². The Balaban J connectivity index is 2.25. The number of nitrogens with zero attached hydrogens (tertiary/aromatic N) is 1. The third-order valence-corrected chi connectivity index (χ3v) is 3.79. The van der Waals surface area contributed by atoms with Crippen LogP contribution in [0.4, 0.5) is 4.39 Å². The highest BCUT2D eigenvalue weighted by atomic mass is 79.9. The van der Waals surface area contributed by atoms with E-state index in [9.17, 15) is 9.18 Å². The zero-order valence-corrected chi connectivity index (χ0v) is 13.4. The fourth-order valence-electron chi connectivity index (χ4n) is 2.17. The molecule has 2 nitrogen and oxygen atoms in total. The summed E-state index contributed by atoms with van der Waals surface area (Å²) in [5, 5.41) is 0. The van der Waals surface area contributed by atoms with Gasteiger partial charge in [0.05, 0.1) is 10.0 Å². The maximum Gasteiger partial charge on any atom is 0.257 e. The van der Waals surface area contributed by atoms with Crippen molar-refractivity contribution in [1.29, 1.82) is 0 Å². The van der Waals surface area contributed by atoms with Gasteiger partial charge in [0.15, 0.2) is 0 Å². The van der Waals surface area contributed by atoms with E-state index < -0.39 is 5.82 Å². The monoisotopic (exact) mass is 349 g/mol. The van der Waals surface area contributed by atoms with Gasteiger partial charge in [-0.25, -0.2) is 4.39 Å². The summed E-state index contributed by atoms with van der Waals surface area (Å²) in [6.45, 7) is 3.09. The maximum atomic E-state index is 14.1. The van der Waals surface area contributed by atoms with Gasteiger partial charge in [0.2, 0.25) is 0 Å². The Kier molecular flexibility index (Phi) is 5.51. The molecule has 0 bridgehead atoms. The van der Waals surface area contributed by atoms with Gasteiger partial charge in [0, 0.05) is 13.1 Å². The summed E-state index contributed by atoms with van der Waals surface area (Å²) in [5.41, 5.74) is 1.14. The average molecular weight is 350 g/mol. The Bertz CT molecular complexity index is 615. The summed E-state index contributed by atoms with van der Waals surface area (Å²) < 4.78 is 14.4. The third-order valence-electron chi connectivity index (χ3n) is 3.18. The lowest BCUT2D eigenvalue weighted by atomic mass is 10.1. The minimum absolute atomic E-state index is 0.105. The molecule has 0 aliphatic heterocycles. The first-order valence-corrected chi connectivity index (χ1v) is 7.70. The van der Waals surface area contributed by atoms with Crippen LogP contribution >= 0.6 is 15.9 Å². The second kappa shape index (κ2) is 7.36. The van der Waals surface area contributed by atoms with Crippen LogP contribution in [-0.2, 0) is 6.54 Å². The molecule has 4 heteroatoms. The molecule has 2 aromatic carbocycles. The van der Waals surface area contributed by atoms with Crippen LogP contribution in [0.1, 0.15) is 29.3 Å². The van der Waals surface area contributed by atoms with Crippen molar-refractivity contribution in [2.24, 2.45) is 0 Å². The number of amides is 1. The first kappa shape index (κ1) is 15.7. The number of carbonyl (C=O) groups excluding carboxylic acids is 1. The van der Waals surface area contributed by atoms with E-state index >= 15 is 0 Å². The van der Waals surface area contributed by atoms with E-state index in [1.807, 2.05) is 37.3 Å². The molecule has 0 aliphatic carbocycles. The molecular formula is C17H17BrFNO. The fraction of sp³-hybridized carbons (Fsp3) is 0.235. The van der Waals surface area contributed by atoms with Crippen molar-refractivity contribution in [2.45, 2.75) is 19.9 Å². The molecule has 0 aromatic heterocycles. The normalized spacial score (nSPS) is 10.4. The number of benzene rings is 2. The summed E-state index contributed by atoms with van der Waals surface area (Å²) in [6.07, 6.45) is 0.828. The zero-order valence-electron chi connectivity index (χ0n) is 11.9. The van der Waals surface area contributed by atoms with E-state index in [-0.39, 0.29) is 11.5 Å². The predicted octanol–water partition coefficient (Wildman–Crippen LogP) is 4.64. The predicted molar refractivity (Wildman–Crippen MR) is 85.6 cm³/mol. The van der Waals surface area contributed by atoms with E-state index in [0.717, 1.165) is 12.0 Å². The van der Waals surface area contributed by atoms with Gasteiger partial charge in [-0.3, -0.25) is 4.79 Å². The molecule has 0 aliphatic rings. The lowest BCUT2D eigenvalue weighted by molar-refractivity contribution is 0.0738. The van der Waals surface area contributed by atoms with Crippen LogP contribution in [0.3, 0.4) is 0 Å². The highest BCUT2D eigenvalue weighted by Crippen LogP contribution is 2.20. The molecule has 0 atom stereocenters. The number of rotatable bonds is 5. The molecule has 2 rings (SSSR count). The van der Waals surface area contributed by atoms with Gasteiger partial charge in [-0.05, 0) is 40.0 Å². The van der Waals surface area contributed by atoms with Gasteiger partial charge >= 0.3 is 0 Å². The van der Waals surface area contributed by atoms with Crippen molar-refractivity contribution >= 4 is 21.8 Å². The molecule has 21 heavy (non-hydrogen) atoms. The molecule has 0 saturated carbocycles. The standard InChI is InChI=1S/C17H17BrFNO/c1-2-11-20(12-13-7-4-3-5-8-13)17(21)14-9-6-10-15(18)16(14)19/h3-10H,2,11-12H2,1H3. The highest BCUT2D eigenvalue weighted by Gasteiger charge is 2.20. The molecule has 0 N–H and O–H groups in total. The van der Waals surface area contributed by atoms with E-state index in [1.54, 1.807) is 17.0 Å². The highest BCUT2D eigenvalue weighted by molar-refractivity contribution is 9.10. The number of hydrogen-bond acceptors (Lipinski definition) is 1.